The molecule has 1 aromatic carbocycles. The van der Waals surface area contributed by atoms with Gasteiger partial charge >= 0.3 is 0 Å². The molecule has 0 unspecified atom stereocenters. The molecule has 0 saturated carbocycles. The van der Waals surface area contributed by atoms with E-state index in [0.29, 0.717) is 0 Å². The van der Waals surface area contributed by atoms with Crippen LogP contribution in [0.5, 0.6) is 0 Å². The van der Waals surface area contributed by atoms with Gasteiger partial charge in [-0.05, 0) is 5.41 Å². The van der Waals surface area contributed by atoms with Crippen LogP contribution >= 0.6 is 0 Å². The van der Waals surface area contributed by atoms with Crippen molar-refractivity contribution in [2.45, 2.75) is 59.0 Å². The van der Waals surface area contributed by atoms with E-state index in [0.717, 1.165) is 5.56 Å². The maximum Gasteiger partial charge on any atom is 0.0241 e. The van der Waals surface area contributed by atoms with E-state index in [1.807, 2.05) is 6.07 Å². The minimum Gasteiger partial charge on any atom is -0.404 e. The summed E-state index contributed by atoms with van der Waals surface area (Å²) in [7, 11) is 0. The van der Waals surface area contributed by atoms with Crippen molar-refractivity contribution in [1.29, 1.82) is 0 Å². The quantitative estimate of drug-likeness (QED) is 0.786. The van der Waals surface area contributed by atoms with E-state index in [9.17, 15) is 5.11 Å². The normalized spacial score (nSPS) is 12.2. The standard InChI is InChI=1S/C15H23O.Y/c1-14(2,3)12-9-7-8-11(10-16)13(12)15(4,5)6;/h8-9,16H,10H2,1-6H3;/q-1;. The van der Waals surface area contributed by atoms with E-state index in [2.05, 4.69) is 53.7 Å². The topological polar surface area (TPSA) is 20.2 Å². The largest absolute Gasteiger partial charge is 0.404 e. The van der Waals surface area contributed by atoms with Crippen molar-refractivity contribution >= 4 is 0 Å². The Morgan fingerprint density at radius 2 is 1.53 bits per heavy atom. The van der Waals surface area contributed by atoms with Crippen molar-refractivity contribution in [3.63, 3.8) is 0 Å². The first-order valence-corrected chi connectivity index (χ1v) is 5.82. The van der Waals surface area contributed by atoms with Crippen LogP contribution < -0.4 is 0 Å². The molecule has 1 nitrogen and oxygen atoms in total. The zero-order valence-electron chi connectivity index (χ0n) is 11.9. The van der Waals surface area contributed by atoms with Crippen LogP contribution in [0.15, 0.2) is 12.1 Å². The number of hydrogen-bond donors (Lipinski definition) is 1. The molecule has 0 aromatic heterocycles. The van der Waals surface area contributed by atoms with Crippen LogP contribution in [0.3, 0.4) is 0 Å². The van der Waals surface area contributed by atoms with Crippen molar-refractivity contribution in [3.05, 3.63) is 34.9 Å². The first-order valence-electron chi connectivity index (χ1n) is 5.82. The third-order valence-electron chi connectivity index (χ3n) is 2.80. The van der Waals surface area contributed by atoms with Crippen molar-refractivity contribution in [3.8, 4) is 0 Å². The summed E-state index contributed by atoms with van der Waals surface area (Å²) in [4.78, 5) is 0. The van der Waals surface area contributed by atoms with Crippen molar-refractivity contribution in [1.82, 2.24) is 0 Å². The molecule has 93 valence electrons. The fraction of sp³-hybridized carbons (Fsp3) is 0.600. The molecule has 0 aliphatic rings. The molecule has 0 spiro atoms. The molecular formula is C15H23OY-. The molecule has 0 saturated heterocycles. The predicted molar refractivity (Wildman–Crippen MR) is 68.6 cm³/mol. The summed E-state index contributed by atoms with van der Waals surface area (Å²) in [5.41, 5.74) is 3.69. The molecule has 0 atom stereocenters. The maximum atomic E-state index is 9.45. The van der Waals surface area contributed by atoms with Gasteiger partial charge in [-0.2, -0.15) is 18.2 Å². The first-order chi connectivity index (χ1) is 7.18. The van der Waals surface area contributed by atoms with E-state index >= 15 is 0 Å². The molecule has 0 aliphatic carbocycles. The van der Waals surface area contributed by atoms with Gasteiger partial charge < -0.3 is 5.11 Å². The van der Waals surface area contributed by atoms with Crippen LogP contribution in [0.25, 0.3) is 0 Å². The number of benzene rings is 1. The van der Waals surface area contributed by atoms with E-state index in [-0.39, 0.29) is 50.1 Å². The molecule has 1 rings (SSSR count). The van der Waals surface area contributed by atoms with E-state index < -0.39 is 0 Å². The third kappa shape index (κ3) is 4.15. The minimum absolute atomic E-state index is 0. The molecule has 0 amide bonds. The number of aliphatic hydroxyl groups is 1. The Bertz CT molecular complexity index is 369. The average molecular weight is 308 g/mol. The van der Waals surface area contributed by atoms with Crippen LogP contribution in [-0.2, 0) is 50.1 Å². The van der Waals surface area contributed by atoms with E-state index in [1.165, 1.54) is 11.1 Å². The van der Waals surface area contributed by atoms with Gasteiger partial charge in [0.25, 0.3) is 0 Å². The van der Waals surface area contributed by atoms with Gasteiger partial charge in [-0.3, -0.25) is 0 Å². The van der Waals surface area contributed by atoms with Gasteiger partial charge in [0.1, 0.15) is 0 Å². The van der Waals surface area contributed by atoms with Crippen LogP contribution in [-0.4, -0.2) is 5.11 Å². The van der Waals surface area contributed by atoms with Gasteiger partial charge in [0.05, 0.1) is 0 Å². The Labute approximate surface area is 131 Å². The molecule has 0 heterocycles. The second-order valence-electron chi connectivity index (χ2n) is 6.43. The van der Waals surface area contributed by atoms with Gasteiger partial charge in [-0.15, -0.1) is 16.7 Å². The summed E-state index contributed by atoms with van der Waals surface area (Å²) < 4.78 is 0. The Balaban J connectivity index is 0.00000256. The van der Waals surface area contributed by atoms with Gasteiger partial charge in [-0.25, -0.2) is 0 Å². The van der Waals surface area contributed by atoms with Crippen LogP contribution in [0, 0.1) is 6.07 Å². The summed E-state index contributed by atoms with van der Waals surface area (Å²) in [6, 6.07) is 7.09. The molecule has 0 bridgehead atoms. The summed E-state index contributed by atoms with van der Waals surface area (Å²) >= 11 is 0. The molecular weight excluding hydrogens is 285 g/mol. The summed E-state index contributed by atoms with van der Waals surface area (Å²) in [5, 5.41) is 9.45. The maximum absolute atomic E-state index is 9.45. The van der Waals surface area contributed by atoms with Gasteiger partial charge in [0.2, 0.25) is 0 Å². The van der Waals surface area contributed by atoms with Crippen molar-refractivity contribution < 1.29 is 37.8 Å². The monoisotopic (exact) mass is 308 g/mol. The van der Waals surface area contributed by atoms with Gasteiger partial charge in [-0.1, -0.05) is 47.0 Å². The minimum atomic E-state index is 0. The summed E-state index contributed by atoms with van der Waals surface area (Å²) in [6.07, 6.45) is 0. The molecule has 2 heteroatoms. The molecule has 17 heavy (non-hydrogen) atoms. The van der Waals surface area contributed by atoms with E-state index in [1.54, 1.807) is 0 Å². The van der Waals surface area contributed by atoms with Gasteiger partial charge in [0.15, 0.2) is 0 Å². The Hall–Kier alpha value is 0.284. The second kappa shape index (κ2) is 5.95. The zero-order chi connectivity index (χ0) is 12.6. The van der Waals surface area contributed by atoms with Crippen LogP contribution in [0.4, 0.5) is 0 Å². The third-order valence-corrected chi connectivity index (χ3v) is 2.80. The smallest absolute Gasteiger partial charge is 0.0241 e. The number of aliphatic hydroxyl groups excluding tert-OH is 1. The fourth-order valence-corrected chi connectivity index (χ4v) is 2.14. The number of hydrogen-bond acceptors (Lipinski definition) is 1. The molecule has 1 radical (unpaired) electrons. The van der Waals surface area contributed by atoms with Crippen LogP contribution in [0.1, 0.15) is 58.2 Å². The fourth-order valence-electron chi connectivity index (χ4n) is 2.14. The first kappa shape index (κ1) is 17.3. The summed E-state index contributed by atoms with van der Waals surface area (Å²) in [6.45, 7) is 13.3. The Morgan fingerprint density at radius 3 is 1.88 bits per heavy atom. The Kier molecular flexibility index (Phi) is 6.05. The predicted octanol–water partition coefficient (Wildman–Crippen LogP) is 3.57. The molecule has 0 fully saturated rings. The molecule has 0 aliphatic heterocycles. The Morgan fingerprint density at radius 1 is 1.00 bits per heavy atom. The SMILES string of the molecule is CC(C)(C)c1c[c-]cc(CO)c1C(C)(C)C.[Y]. The average Bonchev–Trinajstić information content (AvgIpc) is 2.13. The second-order valence-corrected chi connectivity index (χ2v) is 6.43. The van der Waals surface area contributed by atoms with Gasteiger partial charge in [0, 0.05) is 39.3 Å². The van der Waals surface area contributed by atoms with Crippen molar-refractivity contribution in [2.24, 2.45) is 0 Å². The number of rotatable bonds is 1. The summed E-state index contributed by atoms with van der Waals surface area (Å²) in [5.74, 6) is 0. The van der Waals surface area contributed by atoms with E-state index in [4.69, 9.17) is 0 Å². The zero-order valence-corrected chi connectivity index (χ0v) is 14.7. The molecule has 1 aromatic rings. The molecule has 1 N–H and O–H groups in total. The van der Waals surface area contributed by atoms with Crippen molar-refractivity contribution in [2.75, 3.05) is 0 Å². The van der Waals surface area contributed by atoms with Crippen LogP contribution in [0.2, 0.25) is 0 Å².